The Hall–Kier alpha value is -2.26. The highest BCUT2D eigenvalue weighted by Crippen LogP contribution is 2.12. The van der Waals surface area contributed by atoms with Crippen LogP contribution in [0.4, 0.5) is 4.39 Å². The Kier molecular flexibility index (Phi) is 6.65. The highest BCUT2D eigenvalue weighted by atomic mass is 32.2. The summed E-state index contributed by atoms with van der Waals surface area (Å²) in [6.07, 6.45) is 6.86. The fourth-order valence-corrected chi connectivity index (χ4v) is 2.96. The number of nitrogens with one attached hydrogen (secondary N) is 1. The Morgan fingerprint density at radius 3 is 2.76 bits per heavy atom. The van der Waals surface area contributed by atoms with Crippen molar-refractivity contribution in [1.82, 2.24) is 19.2 Å². The molecule has 2 aromatic rings. The lowest BCUT2D eigenvalue weighted by atomic mass is 10.2. The van der Waals surface area contributed by atoms with Crippen molar-refractivity contribution < 1.29 is 17.6 Å². The maximum Gasteiger partial charge on any atom is 0.235 e. The summed E-state index contributed by atoms with van der Waals surface area (Å²) in [5.74, 6) is -0.927. The molecule has 0 atom stereocenters. The van der Waals surface area contributed by atoms with Gasteiger partial charge in [-0.05, 0) is 12.5 Å². The van der Waals surface area contributed by atoms with Crippen molar-refractivity contribution in [3.8, 4) is 0 Å². The lowest BCUT2D eigenvalue weighted by molar-refractivity contribution is -0.121. The number of amides is 1. The zero-order valence-corrected chi connectivity index (χ0v) is 14.7. The predicted octanol–water partition coefficient (Wildman–Crippen LogP) is 0.990. The summed E-state index contributed by atoms with van der Waals surface area (Å²) >= 11 is 0. The molecule has 0 radical (unpaired) electrons. The second-order valence-electron chi connectivity index (χ2n) is 5.63. The van der Waals surface area contributed by atoms with Crippen molar-refractivity contribution in [3.05, 3.63) is 54.4 Å². The van der Waals surface area contributed by atoms with Gasteiger partial charge in [0.1, 0.15) is 5.82 Å². The van der Waals surface area contributed by atoms with Crippen LogP contribution in [-0.4, -0.2) is 47.5 Å². The number of rotatable bonds is 9. The van der Waals surface area contributed by atoms with E-state index in [1.165, 1.54) is 18.2 Å². The normalized spacial score (nSPS) is 11.6. The lowest BCUT2D eigenvalue weighted by Gasteiger charge is -2.20. The number of halogens is 1. The molecule has 7 nitrogen and oxygen atoms in total. The third-order valence-corrected chi connectivity index (χ3v) is 4.76. The Bertz CT molecular complexity index is 793. The van der Waals surface area contributed by atoms with Gasteiger partial charge in [0.2, 0.25) is 15.9 Å². The molecule has 1 heterocycles. The fraction of sp³-hybridized carbons (Fsp3) is 0.375. The molecule has 0 unspecified atom stereocenters. The summed E-state index contributed by atoms with van der Waals surface area (Å²) in [4.78, 5) is 15.9. The molecular weight excluding hydrogens is 347 g/mol. The summed E-state index contributed by atoms with van der Waals surface area (Å²) in [7, 11) is -3.65. The smallest absolute Gasteiger partial charge is 0.235 e. The van der Waals surface area contributed by atoms with Crippen molar-refractivity contribution in [1.29, 1.82) is 0 Å². The Morgan fingerprint density at radius 2 is 2.12 bits per heavy atom. The van der Waals surface area contributed by atoms with Gasteiger partial charge >= 0.3 is 0 Å². The van der Waals surface area contributed by atoms with E-state index < -0.39 is 21.7 Å². The minimum absolute atomic E-state index is 0.187. The van der Waals surface area contributed by atoms with E-state index in [0.29, 0.717) is 19.5 Å². The third-order valence-electron chi connectivity index (χ3n) is 3.57. The van der Waals surface area contributed by atoms with Crippen molar-refractivity contribution in [2.24, 2.45) is 0 Å². The van der Waals surface area contributed by atoms with Crippen LogP contribution in [0.2, 0.25) is 0 Å². The van der Waals surface area contributed by atoms with Crippen LogP contribution in [-0.2, 0) is 27.9 Å². The number of benzene rings is 1. The first-order valence-corrected chi connectivity index (χ1v) is 9.62. The quantitative estimate of drug-likeness (QED) is 0.669. The molecule has 1 aromatic heterocycles. The van der Waals surface area contributed by atoms with Crippen LogP contribution in [0.15, 0.2) is 43.0 Å². The van der Waals surface area contributed by atoms with E-state index in [1.807, 2.05) is 10.8 Å². The highest BCUT2D eigenvalue weighted by molar-refractivity contribution is 7.88. The van der Waals surface area contributed by atoms with Crippen LogP contribution in [0.1, 0.15) is 12.0 Å². The second kappa shape index (κ2) is 8.72. The first-order chi connectivity index (χ1) is 11.9. The fourth-order valence-electron chi connectivity index (χ4n) is 2.23. The van der Waals surface area contributed by atoms with E-state index in [-0.39, 0.29) is 18.7 Å². The first-order valence-electron chi connectivity index (χ1n) is 7.77. The van der Waals surface area contributed by atoms with E-state index in [9.17, 15) is 17.6 Å². The number of hydrogen-bond donors (Lipinski definition) is 1. The number of aryl methyl sites for hydroxylation is 1. The number of imidazole rings is 1. The standard InChI is InChI=1S/C16H21FN4O3S/c1-25(23,24)21(11-14-5-2-3-6-15(14)17)12-16(22)19-7-4-9-20-10-8-18-13-20/h2-3,5-6,8,10,13H,4,7,9,11-12H2,1H3,(H,19,22). The molecule has 0 aliphatic heterocycles. The molecule has 0 aliphatic rings. The van der Waals surface area contributed by atoms with Crippen LogP contribution in [0.25, 0.3) is 0 Å². The average molecular weight is 368 g/mol. The number of nitrogens with zero attached hydrogens (tertiary/aromatic N) is 3. The Labute approximate surface area is 146 Å². The zero-order chi connectivity index (χ0) is 18.3. The second-order valence-corrected chi connectivity index (χ2v) is 7.61. The molecular formula is C16H21FN4O3S. The summed E-state index contributed by atoms with van der Waals surface area (Å²) in [6, 6.07) is 5.90. The molecule has 0 spiro atoms. The van der Waals surface area contributed by atoms with Crippen LogP contribution in [0, 0.1) is 5.82 Å². The van der Waals surface area contributed by atoms with E-state index in [2.05, 4.69) is 10.3 Å². The highest BCUT2D eigenvalue weighted by Gasteiger charge is 2.21. The molecule has 2 rings (SSSR count). The molecule has 0 bridgehead atoms. The van der Waals surface area contributed by atoms with Crippen LogP contribution in [0.3, 0.4) is 0 Å². The van der Waals surface area contributed by atoms with Gasteiger partial charge in [-0.25, -0.2) is 17.8 Å². The third kappa shape index (κ3) is 6.28. The number of aromatic nitrogens is 2. The first kappa shape index (κ1) is 19.1. The molecule has 0 aliphatic carbocycles. The van der Waals surface area contributed by atoms with E-state index >= 15 is 0 Å². The van der Waals surface area contributed by atoms with Gasteiger partial charge in [0.15, 0.2) is 0 Å². The van der Waals surface area contributed by atoms with Crippen molar-refractivity contribution in [2.45, 2.75) is 19.5 Å². The number of sulfonamides is 1. The number of hydrogen-bond acceptors (Lipinski definition) is 4. The predicted molar refractivity (Wildman–Crippen MR) is 91.5 cm³/mol. The molecule has 1 N–H and O–H groups in total. The Morgan fingerprint density at radius 1 is 1.36 bits per heavy atom. The monoisotopic (exact) mass is 368 g/mol. The minimum atomic E-state index is -3.65. The lowest BCUT2D eigenvalue weighted by Crippen LogP contribution is -2.40. The summed E-state index contributed by atoms with van der Waals surface area (Å²) in [5, 5.41) is 2.68. The van der Waals surface area contributed by atoms with E-state index in [1.54, 1.807) is 18.6 Å². The maximum atomic E-state index is 13.7. The van der Waals surface area contributed by atoms with Gasteiger partial charge in [-0.15, -0.1) is 0 Å². The molecule has 9 heteroatoms. The summed E-state index contributed by atoms with van der Waals surface area (Å²) < 4.78 is 40.3. The van der Waals surface area contributed by atoms with E-state index in [0.717, 1.165) is 10.6 Å². The van der Waals surface area contributed by atoms with Crippen LogP contribution >= 0.6 is 0 Å². The van der Waals surface area contributed by atoms with Gasteiger partial charge in [0.05, 0.1) is 19.1 Å². The van der Waals surface area contributed by atoms with Crippen molar-refractivity contribution in [2.75, 3.05) is 19.3 Å². The summed E-state index contributed by atoms with van der Waals surface area (Å²) in [6.45, 7) is 0.575. The molecule has 0 saturated heterocycles. The molecule has 1 amide bonds. The zero-order valence-electron chi connectivity index (χ0n) is 13.9. The van der Waals surface area contributed by atoms with Gasteiger partial charge in [-0.1, -0.05) is 18.2 Å². The molecule has 1 aromatic carbocycles. The van der Waals surface area contributed by atoms with Gasteiger partial charge < -0.3 is 9.88 Å². The van der Waals surface area contributed by atoms with Crippen molar-refractivity contribution >= 4 is 15.9 Å². The molecule has 25 heavy (non-hydrogen) atoms. The molecule has 136 valence electrons. The van der Waals surface area contributed by atoms with Crippen molar-refractivity contribution in [3.63, 3.8) is 0 Å². The Balaban J connectivity index is 1.86. The molecule has 0 fully saturated rings. The largest absolute Gasteiger partial charge is 0.355 e. The maximum absolute atomic E-state index is 13.7. The van der Waals surface area contributed by atoms with Crippen LogP contribution in [0.5, 0.6) is 0 Å². The van der Waals surface area contributed by atoms with Gasteiger partial charge in [-0.3, -0.25) is 4.79 Å². The van der Waals surface area contributed by atoms with Gasteiger partial charge in [0, 0.05) is 37.6 Å². The van der Waals surface area contributed by atoms with Gasteiger partial charge in [0.25, 0.3) is 0 Å². The molecule has 0 saturated carbocycles. The SMILES string of the molecule is CS(=O)(=O)N(CC(=O)NCCCn1ccnc1)Cc1ccccc1F. The van der Waals surface area contributed by atoms with Crippen LogP contribution < -0.4 is 5.32 Å². The van der Waals surface area contributed by atoms with Gasteiger partial charge in [-0.2, -0.15) is 4.31 Å². The summed E-state index contributed by atoms with van der Waals surface area (Å²) in [5.41, 5.74) is 0.223. The minimum Gasteiger partial charge on any atom is -0.355 e. The average Bonchev–Trinajstić information content (AvgIpc) is 3.05. The number of carbonyl (C=O) groups is 1. The van der Waals surface area contributed by atoms with E-state index in [4.69, 9.17) is 0 Å². The topological polar surface area (TPSA) is 84.3 Å². The number of carbonyl (C=O) groups excluding carboxylic acids is 1.